The van der Waals surface area contributed by atoms with Crippen molar-refractivity contribution in [2.45, 2.75) is 11.5 Å². The van der Waals surface area contributed by atoms with Crippen molar-refractivity contribution in [1.82, 2.24) is 0 Å². The van der Waals surface area contributed by atoms with Crippen molar-refractivity contribution in [2.24, 2.45) is 0 Å². The SMILES string of the molecule is COCc1cc(F)cc(S(C)(=O)=O)c1F. The summed E-state index contributed by atoms with van der Waals surface area (Å²) >= 11 is 0. The first-order chi connectivity index (χ1) is 6.86. The van der Waals surface area contributed by atoms with Crippen molar-refractivity contribution < 1.29 is 21.9 Å². The Bertz CT molecular complexity index is 468. The molecular formula is C9H10F2O3S. The minimum Gasteiger partial charge on any atom is -0.380 e. The number of hydrogen-bond donors (Lipinski definition) is 0. The second-order valence-electron chi connectivity index (χ2n) is 3.08. The molecule has 3 nitrogen and oxygen atoms in total. The van der Waals surface area contributed by atoms with Gasteiger partial charge < -0.3 is 4.74 Å². The van der Waals surface area contributed by atoms with Crippen LogP contribution in [0.5, 0.6) is 0 Å². The van der Waals surface area contributed by atoms with Gasteiger partial charge in [0.25, 0.3) is 0 Å². The van der Waals surface area contributed by atoms with E-state index in [9.17, 15) is 17.2 Å². The van der Waals surface area contributed by atoms with Crippen molar-refractivity contribution in [2.75, 3.05) is 13.4 Å². The zero-order chi connectivity index (χ0) is 11.6. The summed E-state index contributed by atoms with van der Waals surface area (Å²) < 4.78 is 53.3. The minimum absolute atomic E-state index is 0.113. The molecule has 0 saturated heterocycles. The number of halogens is 2. The van der Waals surface area contributed by atoms with Gasteiger partial charge in [-0.15, -0.1) is 0 Å². The van der Waals surface area contributed by atoms with E-state index in [0.717, 1.165) is 12.3 Å². The van der Waals surface area contributed by atoms with Crippen LogP contribution in [0.25, 0.3) is 0 Å². The number of methoxy groups -OCH3 is 1. The van der Waals surface area contributed by atoms with Gasteiger partial charge in [-0.3, -0.25) is 0 Å². The second kappa shape index (κ2) is 4.24. The number of ether oxygens (including phenoxy) is 1. The standard InChI is InChI=1S/C9H10F2O3S/c1-14-5-6-3-7(10)4-8(9(6)11)15(2,12)13/h3-4H,5H2,1-2H3. The van der Waals surface area contributed by atoms with Crippen LogP contribution >= 0.6 is 0 Å². The molecule has 1 aromatic rings. The fraction of sp³-hybridized carbons (Fsp3) is 0.333. The van der Waals surface area contributed by atoms with Crippen LogP contribution in [0.3, 0.4) is 0 Å². The van der Waals surface area contributed by atoms with Gasteiger partial charge in [-0.1, -0.05) is 0 Å². The molecule has 0 fully saturated rings. The van der Waals surface area contributed by atoms with Crippen molar-refractivity contribution >= 4 is 9.84 Å². The first kappa shape index (κ1) is 12.1. The zero-order valence-electron chi connectivity index (χ0n) is 8.25. The van der Waals surface area contributed by atoms with Gasteiger partial charge in [-0.2, -0.15) is 0 Å². The lowest BCUT2D eigenvalue weighted by atomic mass is 10.2. The molecule has 0 saturated carbocycles. The monoisotopic (exact) mass is 236 g/mol. The predicted octanol–water partition coefficient (Wildman–Crippen LogP) is 1.51. The summed E-state index contributed by atoms with van der Waals surface area (Å²) in [4.78, 5) is -0.644. The normalized spacial score (nSPS) is 11.7. The molecule has 15 heavy (non-hydrogen) atoms. The topological polar surface area (TPSA) is 43.4 Å². The molecule has 0 heterocycles. The Morgan fingerprint density at radius 2 is 1.93 bits per heavy atom. The van der Waals surface area contributed by atoms with Gasteiger partial charge in [0.05, 0.1) is 6.61 Å². The largest absolute Gasteiger partial charge is 0.380 e. The molecule has 0 N–H and O–H groups in total. The van der Waals surface area contributed by atoms with Crippen LogP contribution < -0.4 is 0 Å². The van der Waals surface area contributed by atoms with Crippen molar-refractivity contribution in [3.63, 3.8) is 0 Å². The molecular weight excluding hydrogens is 226 g/mol. The van der Waals surface area contributed by atoms with E-state index < -0.39 is 26.4 Å². The molecule has 0 aromatic heterocycles. The molecule has 0 radical (unpaired) electrons. The van der Waals surface area contributed by atoms with Crippen LogP contribution in [0.2, 0.25) is 0 Å². The van der Waals surface area contributed by atoms with Crippen LogP contribution in [0.4, 0.5) is 8.78 Å². The third kappa shape index (κ3) is 2.73. The molecule has 0 unspecified atom stereocenters. The van der Waals surface area contributed by atoms with Crippen molar-refractivity contribution in [3.8, 4) is 0 Å². The zero-order valence-corrected chi connectivity index (χ0v) is 9.07. The maximum atomic E-state index is 13.5. The van der Waals surface area contributed by atoms with Gasteiger partial charge in [-0.25, -0.2) is 17.2 Å². The maximum absolute atomic E-state index is 13.5. The van der Waals surface area contributed by atoms with E-state index in [4.69, 9.17) is 0 Å². The Morgan fingerprint density at radius 1 is 1.33 bits per heavy atom. The third-order valence-corrected chi connectivity index (χ3v) is 2.87. The van der Waals surface area contributed by atoms with Gasteiger partial charge >= 0.3 is 0 Å². The van der Waals surface area contributed by atoms with Gasteiger partial charge in [-0.05, 0) is 12.1 Å². The van der Waals surface area contributed by atoms with Crippen LogP contribution in [-0.4, -0.2) is 21.8 Å². The quantitative estimate of drug-likeness (QED) is 0.799. The fourth-order valence-corrected chi connectivity index (χ4v) is 1.93. The maximum Gasteiger partial charge on any atom is 0.178 e. The molecule has 0 amide bonds. The lowest BCUT2D eigenvalue weighted by Gasteiger charge is -2.06. The van der Waals surface area contributed by atoms with Crippen LogP contribution in [-0.2, 0) is 21.2 Å². The molecule has 0 aliphatic heterocycles. The summed E-state index contributed by atoms with van der Waals surface area (Å²) in [5.41, 5.74) is -0.113. The van der Waals surface area contributed by atoms with Crippen LogP contribution in [0.1, 0.15) is 5.56 Å². The summed E-state index contributed by atoms with van der Waals surface area (Å²) in [6.45, 7) is -0.174. The number of sulfone groups is 1. The van der Waals surface area contributed by atoms with E-state index in [1.165, 1.54) is 7.11 Å². The Kier molecular flexibility index (Phi) is 3.41. The molecule has 0 spiro atoms. The Morgan fingerprint density at radius 3 is 2.40 bits per heavy atom. The molecule has 0 aliphatic carbocycles. The van der Waals surface area contributed by atoms with Crippen LogP contribution in [0, 0.1) is 11.6 Å². The van der Waals surface area contributed by atoms with E-state index in [0.29, 0.717) is 6.07 Å². The van der Waals surface area contributed by atoms with E-state index >= 15 is 0 Å². The molecule has 84 valence electrons. The highest BCUT2D eigenvalue weighted by Crippen LogP contribution is 2.20. The van der Waals surface area contributed by atoms with E-state index in [-0.39, 0.29) is 12.2 Å². The predicted molar refractivity (Wildman–Crippen MR) is 50.2 cm³/mol. The van der Waals surface area contributed by atoms with E-state index in [1.807, 2.05) is 0 Å². The highest BCUT2D eigenvalue weighted by atomic mass is 32.2. The van der Waals surface area contributed by atoms with Gasteiger partial charge in [0.1, 0.15) is 16.5 Å². The van der Waals surface area contributed by atoms with E-state index in [1.54, 1.807) is 0 Å². The first-order valence-electron chi connectivity index (χ1n) is 4.03. The molecule has 0 bridgehead atoms. The average Bonchev–Trinajstić information content (AvgIpc) is 2.09. The fourth-order valence-electron chi connectivity index (χ4n) is 1.15. The minimum atomic E-state index is -3.77. The van der Waals surface area contributed by atoms with Crippen LogP contribution in [0.15, 0.2) is 17.0 Å². The Labute approximate surface area is 86.6 Å². The molecule has 1 aromatic carbocycles. The summed E-state index contributed by atoms with van der Waals surface area (Å²) in [7, 11) is -2.46. The first-order valence-corrected chi connectivity index (χ1v) is 5.92. The third-order valence-electron chi connectivity index (χ3n) is 1.78. The number of hydrogen-bond acceptors (Lipinski definition) is 3. The average molecular weight is 236 g/mol. The lowest BCUT2D eigenvalue weighted by molar-refractivity contribution is 0.180. The van der Waals surface area contributed by atoms with Crippen molar-refractivity contribution in [3.05, 3.63) is 29.3 Å². The van der Waals surface area contributed by atoms with Crippen molar-refractivity contribution in [1.29, 1.82) is 0 Å². The number of benzene rings is 1. The Hall–Kier alpha value is -1.01. The summed E-state index contributed by atoms with van der Waals surface area (Å²) in [6.07, 6.45) is 0.821. The van der Waals surface area contributed by atoms with E-state index in [2.05, 4.69) is 4.74 Å². The summed E-state index contributed by atoms with van der Waals surface area (Å²) in [5, 5.41) is 0. The van der Waals surface area contributed by atoms with Gasteiger partial charge in [0, 0.05) is 18.9 Å². The summed E-state index contributed by atoms with van der Waals surface area (Å²) in [6, 6.07) is 1.57. The lowest BCUT2D eigenvalue weighted by Crippen LogP contribution is -2.05. The molecule has 6 heteroatoms. The molecule has 1 rings (SSSR count). The van der Waals surface area contributed by atoms with Gasteiger partial charge in [0.2, 0.25) is 0 Å². The Balaban J connectivity index is 3.42. The molecule has 0 aliphatic rings. The highest BCUT2D eigenvalue weighted by molar-refractivity contribution is 7.90. The van der Waals surface area contributed by atoms with Gasteiger partial charge in [0.15, 0.2) is 9.84 Å². The number of rotatable bonds is 3. The highest BCUT2D eigenvalue weighted by Gasteiger charge is 2.18. The smallest absolute Gasteiger partial charge is 0.178 e. The second-order valence-corrected chi connectivity index (χ2v) is 5.07. The molecule has 0 atom stereocenters. The summed E-state index contributed by atoms with van der Waals surface area (Å²) in [5.74, 6) is -1.76.